The predicted octanol–water partition coefficient (Wildman–Crippen LogP) is 5.04. The van der Waals surface area contributed by atoms with Gasteiger partial charge >= 0.3 is 0 Å². The summed E-state index contributed by atoms with van der Waals surface area (Å²) in [7, 11) is 2.02. The molecule has 0 fully saturated rings. The van der Waals surface area contributed by atoms with Gasteiger partial charge in [-0.2, -0.15) is 8.42 Å². The molecule has 0 saturated heterocycles. The van der Waals surface area contributed by atoms with Crippen LogP contribution in [0.25, 0.3) is 0 Å². The molecular formula is C26H30O7S. The summed E-state index contributed by atoms with van der Waals surface area (Å²) in [6.45, 7) is 1.88. The average molecular weight is 487 g/mol. The lowest BCUT2D eigenvalue weighted by atomic mass is 9.85. The number of hydrogen-bond donors (Lipinski definition) is 1. The highest BCUT2D eigenvalue weighted by Gasteiger charge is 2.24. The maximum atomic E-state index is 12.0. The maximum Gasteiger partial charge on any atom is 0.294 e. The van der Waals surface area contributed by atoms with Crippen molar-refractivity contribution in [3.8, 4) is 23.0 Å². The molecule has 0 bridgehead atoms. The Labute approximate surface area is 201 Å². The smallest absolute Gasteiger partial charge is 0.294 e. The van der Waals surface area contributed by atoms with Crippen LogP contribution in [0.15, 0.2) is 59.5 Å². The third-order valence-corrected chi connectivity index (χ3v) is 6.78. The van der Waals surface area contributed by atoms with Crippen LogP contribution in [0.3, 0.4) is 0 Å². The van der Waals surface area contributed by atoms with Gasteiger partial charge in [0, 0.05) is 29.2 Å². The van der Waals surface area contributed by atoms with Crippen molar-refractivity contribution in [3.05, 3.63) is 76.9 Å². The molecule has 34 heavy (non-hydrogen) atoms. The van der Waals surface area contributed by atoms with Gasteiger partial charge in [-0.15, -0.1) is 0 Å². The van der Waals surface area contributed by atoms with Gasteiger partial charge < -0.3 is 18.9 Å². The fourth-order valence-corrected chi connectivity index (χ4v) is 4.88. The number of hydrogen-bond acceptors (Lipinski definition) is 6. The second-order valence-corrected chi connectivity index (χ2v) is 9.28. The van der Waals surface area contributed by atoms with Crippen molar-refractivity contribution in [1.82, 2.24) is 0 Å². The molecule has 0 aliphatic carbocycles. The number of ether oxygens (including phenoxy) is 4. The summed E-state index contributed by atoms with van der Waals surface area (Å²) in [5, 5.41) is 0. The molecule has 7 nitrogen and oxygen atoms in total. The van der Waals surface area contributed by atoms with Crippen LogP contribution in [0.4, 0.5) is 0 Å². The first-order valence-corrected chi connectivity index (χ1v) is 12.2. The second kappa shape index (κ2) is 10.8. The number of rotatable bonds is 10. The molecule has 1 N–H and O–H groups in total. The Morgan fingerprint density at radius 3 is 1.74 bits per heavy atom. The summed E-state index contributed by atoms with van der Waals surface area (Å²) < 4.78 is 55.8. The molecule has 8 heteroatoms. The second-order valence-electron chi connectivity index (χ2n) is 7.89. The number of aryl methyl sites for hydroxylation is 2. The highest BCUT2D eigenvalue weighted by molar-refractivity contribution is 7.85. The van der Waals surface area contributed by atoms with Crippen molar-refractivity contribution in [1.29, 1.82) is 0 Å². The van der Waals surface area contributed by atoms with Gasteiger partial charge in [0.25, 0.3) is 10.1 Å². The number of benzene rings is 3. The molecule has 0 radical (unpaired) electrons. The van der Waals surface area contributed by atoms with Gasteiger partial charge in [0.2, 0.25) is 0 Å². The SMILES string of the molecule is COc1ccc(C(CCc2cc(C)ccc2S(=O)(=O)O)c2ccc(OC)cc2OC)c(OC)c1. The van der Waals surface area contributed by atoms with Gasteiger partial charge in [-0.05, 0) is 43.5 Å². The van der Waals surface area contributed by atoms with E-state index in [-0.39, 0.29) is 10.8 Å². The van der Waals surface area contributed by atoms with Gasteiger partial charge in [0.1, 0.15) is 23.0 Å². The Balaban J connectivity index is 2.12. The minimum Gasteiger partial charge on any atom is -0.497 e. The first-order valence-electron chi connectivity index (χ1n) is 10.7. The van der Waals surface area contributed by atoms with Gasteiger partial charge in [-0.3, -0.25) is 4.55 Å². The predicted molar refractivity (Wildman–Crippen MR) is 130 cm³/mol. The molecule has 0 unspecified atom stereocenters. The lowest BCUT2D eigenvalue weighted by molar-refractivity contribution is 0.383. The molecule has 3 rings (SSSR count). The van der Waals surface area contributed by atoms with Gasteiger partial charge in [0.15, 0.2) is 0 Å². The summed E-state index contributed by atoms with van der Waals surface area (Å²) >= 11 is 0. The van der Waals surface area contributed by atoms with Crippen molar-refractivity contribution in [2.75, 3.05) is 28.4 Å². The van der Waals surface area contributed by atoms with Crippen LogP contribution >= 0.6 is 0 Å². The van der Waals surface area contributed by atoms with E-state index in [9.17, 15) is 13.0 Å². The summed E-state index contributed by atoms with van der Waals surface area (Å²) in [6, 6.07) is 16.1. The highest BCUT2D eigenvalue weighted by Crippen LogP contribution is 2.42. The fourth-order valence-electron chi connectivity index (χ4n) is 4.15. The first-order chi connectivity index (χ1) is 16.2. The van der Waals surface area contributed by atoms with Gasteiger partial charge in [-0.1, -0.05) is 29.8 Å². The third kappa shape index (κ3) is 5.63. The summed E-state index contributed by atoms with van der Waals surface area (Å²) in [5.74, 6) is 2.39. The van der Waals surface area contributed by atoms with E-state index in [1.54, 1.807) is 40.6 Å². The zero-order valence-electron chi connectivity index (χ0n) is 20.0. The van der Waals surface area contributed by atoms with Crippen LogP contribution in [-0.4, -0.2) is 41.4 Å². The van der Waals surface area contributed by atoms with Gasteiger partial charge in [-0.25, -0.2) is 0 Å². The lowest BCUT2D eigenvalue weighted by Crippen LogP contribution is -2.10. The van der Waals surface area contributed by atoms with E-state index >= 15 is 0 Å². The highest BCUT2D eigenvalue weighted by atomic mass is 32.2. The van der Waals surface area contributed by atoms with Crippen LogP contribution in [0.1, 0.15) is 34.6 Å². The Morgan fingerprint density at radius 2 is 1.29 bits per heavy atom. The van der Waals surface area contributed by atoms with Crippen molar-refractivity contribution in [2.45, 2.75) is 30.6 Å². The first kappa shape index (κ1) is 25.4. The van der Waals surface area contributed by atoms with Crippen molar-refractivity contribution >= 4 is 10.1 Å². The molecule has 3 aromatic carbocycles. The topological polar surface area (TPSA) is 91.3 Å². The average Bonchev–Trinajstić information content (AvgIpc) is 2.83. The van der Waals surface area contributed by atoms with Crippen molar-refractivity contribution in [3.63, 3.8) is 0 Å². The Hall–Kier alpha value is -3.23. The monoisotopic (exact) mass is 486 g/mol. The van der Waals surface area contributed by atoms with Crippen LogP contribution in [0.2, 0.25) is 0 Å². The molecule has 0 amide bonds. The van der Waals surface area contributed by atoms with E-state index in [4.69, 9.17) is 18.9 Å². The molecule has 0 spiro atoms. The Morgan fingerprint density at radius 1 is 0.765 bits per heavy atom. The van der Waals surface area contributed by atoms with Crippen molar-refractivity contribution < 1.29 is 31.9 Å². The summed E-state index contributed by atoms with van der Waals surface area (Å²) in [5.41, 5.74) is 3.25. The van der Waals surface area contributed by atoms with E-state index in [0.717, 1.165) is 16.7 Å². The molecule has 0 saturated carbocycles. The molecule has 0 atom stereocenters. The summed E-state index contributed by atoms with van der Waals surface area (Å²) in [6.07, 6.45) is 0.920. The molecule has 0 aliphatic rings. The standard InChI is InChI=1S/C26H30O7S/c1-17-6-13-26(34(27,28)29)18(14-17)7-10-21(22-11-8-19(30-2)15-24(22)32-4)23-12-9-20(31-3)16-25(23)33-5/h6,8-9,11-16,21H,7,10H2,1-5H3,(H,27,28,29). The molecular weight excluding hydrogens is 456 g/mol. The molecule has 0 aromatic heterocycles. The number of methoxy groups -OCH3 is 4. The zero-order chi connectivity index (χ0) is 24.9. The van der Waals surface area contributed by atoms with E-state index in [0.29, 0.717) is 41.4 Å². The zero-order valence-corrected chi connectivity index (χ0v) is 20.8. The van der Waals surface area contributed by atoms with Crippen LogP contribution < -0.4 is 18.9 Å². The Bertz CT molecular complexity index is 1200. The van der Waals surface area contributed by atoms with E-state index < -0.39 is 10.1 Å². The molecule has 182 valence electrons. The van der Waals surface area contributed by atoms with E-state index in [2.05, 4.69) is 0 Å². The third-order valence-electron chi connectivity index (χ3n) is 5.83. The molecule has 3 aromatic rings. The van der Waals surface area contributed by atoms with Crippen LogP contribution in [-0.2, 0) is 16.5 Å². The lowest BCUT2D eigenvalue weighted by Gasteiger charge is -2.24. The molecule has 0 aliphatic heterocycles. The van der Waals surface area contributed by atoms with Crippen LogP contribution in [0.5, 0.6) is 23.0 Å². The largest absolute Gasteiger partial charge is 0.497 e. The Kier molecular flexibility index (Phi) is 8.06. The molecule has 0 heterocycles. The van der Waals surface area contributed by atoms with Crippen LogP contribution in [0, 0.1) is 6.92 Å². The van der Waals surface area contributed by atoms with E-state index in [1.165, 1.54) is 6.07 Å². The minimum absolute atomic E-state index is 0.0831. The van der Waals surface area contributed by atoms with Crippen molar-refractivity contribution in [2.24, 2.45) is 0 Å². The van der Waals surface area contributed by atoms with Gasteiger partial charge in [0.05, 0.1) is 33.3 Å². The summed E-state index contributed by atoms with van der Waals surface area (Å²) in [4.78, 5) is -0.0831. The maximum absolute atomic E-state index is 12.0. The normalized spacial score (nSPS) is 11.4. The minimum atomic E-state index is -4.35. The fraction of sp³-hybridized carbons (Fsp3) is 0.308. The quantitative estimate of drug-likeness (QED) is 0.401. The van der Waals surface area contributed by atoms with E-state index in [1.807, 2.05) is 43.3 Å².